The molecule has 1 aliphatic rings. The molecule has 8 heteroatoms. The van der Waals surface area contributed by atoms with E-state index in [0.717, 1.165) is 6.41 Å². The van der Waals surface area contributed by atoms with Gasteiger partial charge in [0.25, 0.3) is 0 Å². The number of hydrogen-bond donors (Lipinski definition) is 0. The van der Waals surface area contributed by atoms with Crippen LogP contribution >= 0.6 is 0 Å². The quantitative estimate of drug-likeness (QED) is 0.744. The second-order valence-electron chi connectivity index (χ2n) is 3.86. The highest BCUT2D eigenvalue weighted by atomic mass is 19.4. The van der Waals surface area contributed by atoms with Gasteiger partial charge in [0.05, 0.1) is 0 Å². The molecule has 0 aromatic carbocycles. The van der Waals surface area contributed by atoms with E-state index in [-0.39, 0.29) is 11.8 Å². The van der Waals surface area contributed by atoms with Gasteiger partial charge in [0.2, 0.25) is 12.3 Å². The van der Waals surface area contributed by atoms with E-state index < -0.39 is 12.1 Å². The lowest BCUT2D eigenvalue weighted by atomic mass is 9.97. The van der Waals surface area contributed by atoms with Crippen LogP contribution in [0.4, 0.5) is 13.2 Å². The summed E-state index contributed by atoms with van der Waals surface area (Å²) in [5.41, 5.74) is 0. The Kier molecular flexibility index (Phi) is 3.03. The summed E-state index contributed by atoms with van der Waals surface area (Å²) < 4.78 is 41.3. The third-order valence-electron chi connectivity index (χ3n) is 2.71. The van der Waals surface area contributed by atoms with Crippen molar-refractivity contribution in [1.29, 1.82) is 0 Å². The number of carbonyl (C=O) groups is 1. The van der Waals surface area contributed by atoms with Crippen molar-refractivity contribution < 1.29 is 22.4 Å². The Labute approximate surface area is 94.6 Å². The number of halogens is 3. The average Bonchev–Trinajstić information content (AvgIpc) is 2.78. The molecule has 1 fully saturated rings. The SMILES string of the molecule is O=CN1CCC(c2nnc(C(F)(F)F)o2)CC1. The molecule has 17 heavy (non-hydrogen) atoms. The fraction of sp³-hybridized carbons (Fsp3) is 0.667. The molecule has 1 aliphatic heterocycles. The van der Waals surface area contributed by atoms with E-state index in [0.29, 0.717) is 25.9 Å². The Hall–Kier alpha value is -1.60. The molecule has 0 aliphatic carbocycles. The molecule has 2 heterocycles. The predicted octanol–water partition coefficient (Wildman–Crippen LogP) is 1.42. The smallest absolute Gasteiger partial charge is 0.417 e. The number of piperidine rings is 1. The minimum Gasteiger partial charge on any atom is -0.417 e. The first-order chi connectivity index (χ1) is 8.00. The molecule has 0 saturated carbocycles. The van der Waals surface area contributed by atoms with Gasteiger partial charge in [-0.05, 0) is 12.8 Å². The molecule has 94 valence electrons. The van der Waals surface area contributed by atoms with E-state index in [9.17, 15) is 18.0 Å². The Morgan fingerprint density at radius 1 is 1.29 bits per heavy atom. The summed E-state index contributed by atoms with van der Waals surface area (Å²) in [7, 11) is 0. The van der Waals surface area contributed by atoms with Gasteiger partial charge in [-0.2, -0.15) is 13.2 Å². The molecule has 0 radical (unpaired) electrons. The van der Waals surface area contributed by atoms with Gasteiger partial charge < -0.3 is 9.32 Å². The van der Waals surface area contributed by atoms with Gasteiger partial charge in [-0.15, -0.1) is 10.2 Å². The van der Waals surface area contributed by atoms with Crippen LogP contribution in [0, 0.1) is 0 Å². The van der Waals surface area contributed by atoms with E-state index in [2.05, 4.69) is 14.6 Å². The predicted molar refractivity (Wildman–Crippen MR) is 48.9 cm³/mol. The summed E-state index contributed by atoms with van der Waals surface area (Å²) in [6, 6.07) is 0. The van der Waals surface area contributed by atoms with Crippen molar-refractivity contribution in [3.8, 4) is 0 Å². The first-order valence-corrected chi connectivity index (χ1v) is 5.10. The number of likely N-dealkylation sites (tertiary alicyclic amines) is 1. The van der Waals surface area contributed by atoms with E-state index >= 15 is 0 Å². The molecular weight excluding hydrogens is 239 g/mol. The van der Waals surface area contributed by atoms with Crippen LogP contribution in [0.1, 0.15) is 30.5 Å². The second kappa shape index (κ2) is 4.34. The number of amides is 1. The Morgan fingerprint density at radius 2 is 1.94 bits per heavy atom. The lowest BCUT2D eigenvalue weighted by Crippen LogP contribution is -2.31. The highest BCUT2D eigenvalue weighted by molar-refractivity contribution is 5.47. The molecule has 5 nitrogen and oxygen atoms in total. The minimum absolute atomic E-state index is 0.00266. The fourth-order valence-electron chi connectivity index (χ4n) is 1.77. The molecule has 1 aromatic heterocycles. The summed E-state index contributed by atoms with van der Waals surface area (Å²) >= 11 is 0. The lowest BCUT2D eigenvalue weighted by Gasteiger charge is -2.26. The Balaban J connectivity index is 2.04. The van der Waals surface area contributed by atoms with Crippen molar-refractivity contribution in [3.05, 3.63) is 11.8 Å². The first-order valence-electron chi connectivity index (χ1n) is 5.10. The van der Waals surface area contributed by atoms with Gasteiger partial charge in [0.15, 0.2) is 0 Å². The van der Waals surface area contributed by atoms with Crippen molar-refractivity contribution >= 4 is 6.41 Å². The van der Waals surface area contributed by atoms with Crippen LogP contribution in [0.15, 0.2) is 4.42 Å². The molecule has 0 spiro atoms. The van der Waals surface area contributed by atoms with E-state index in [1.807, 2.05) is 0 Å². The molecule has 0 bridgehead atoms. The maximum Gasteiger partial charge on any atom is 0.470 e. The standard InChI is InChI=1S/C9H10F3N3O2/c10-9(11,12)8-14-13-7(17-8)6-1-3-15(5-16)4-2-6/h5-6H,1-4H2. The van der Waals surface area contributed by atoms with Crippen molar-refractivity contribution in [1.82, 2.24) is 15.1 Å². The number of nitrogens with zero attached hydrogens (tertiary/aromatic N) is 3. The largest absolute Gasteiger partial charge is 0.470 e. The van der Waals surface area contributed by atoms with Crippen molar-refractivity contribution in [2.45, 2.75) is 24.9 Å². The molecule has 1 saturated heterocycles. The normalized spacial score (nSPS) is 18.4. The van der Waals surface area contributed by atoms with E-state index in [1.54, 1.807) is 4.90 Å². The zero-order chi connectivity index (χ0) is 12.5. The van der Waals surface area contributed by atoms with Gasteiger partial charge >= 0.3 is 12.1 Å². The van der Waals surface area contributed by atoms with Crippen molar-refractivity contribution in [3.63, 3.8) is 0 Å². The van der Waals surface area contributed by atoms with Crippen LogP contribution in [0.5, 0.6) is 0 Å². The third kappa shape index (κ3) is 2.56. The third-order valence-corrected chi connectivity index (χ3v) is 2.71. The minimum atomic E-state index is -4.60. The molecule has 0 unspecified atom stereocenters. The van der Waals surface area contributed by atoms with Crippen LogP contribution in [0.3, 0.4) is 0 Å². The molecule has 1 aromatic rings. The summed E-state index contributed by atoms with van der Waals surface area (Å²) in [6.07, 6.45) is -2.80. The number of alkyl halides is 3. The molecule has 0 N–H and O–H groups in total. The maximum absolute atomic E-state index is 12.2. The fourth-order valence-corrected chi connectivity index (χ4v) is 1.77. The molecule has 1 amide bonds. The summed E-state index contributed by atoms with van der Waals surface area (Å²) in [5.74, 6) is -1.51. The van der Waals surface area contributed by atoms with Gasteiger partial charge in [0.1, 0.15) is 0 Å². The Bertz CT molecular complexity index is 396. The number of hydrogen-bond acceptors (Lipinski definition) is 4. The van der Waals surface area contributed by atoms with Crippen LogP contribution in [0.2, 0.25) is 0 Å². The zero-order valence-electron chi connectivity index (χ0n) is 8.78. The van der Waals surface area contributed by atoms with Crippen molar-refractivity contribution in [2.75, 3.05) is 13.1 Å². The summed E-state index contributed by atoms with van der Waals surface area (Å²) in [4.78, 5) is 12.0. The number of aromatic nitrogens is 2. The average molecular weight is 249 g/mol. The number of carbonyl (C=O) groups excluding carboxylic acids is 1. The monoisotopic (exact) mass is 249 g/mol. The van der Waals surface area contributed by atoms with Crippen LogP contribution < -0.4 is 0 Å². The Morgan fingerprint density at radius 3 is 2.41 bits per heavy atom. The van der Waals surface area contributed by atoms with Gasteiger partial charge in [0, 0.05) is 19.0 Å². The molecule has 2 rings (SSSR count). The van der Waals surface area contributed by atoms with E-state index in [4.69, 9.17) is 0 Å². The van der Waals surface area contributed by atoms with Gasteiger partial charge in [-0.3, -0.25) is 4.79 Å². The van der Waals surface area contributed by atoms with E-state index in [1.165, 1.54) is 0 Å². The maximum atomic E-state index is 12.2. The highest BCUT2D eigenvalue weighted by Crippen LogP contribution is 2.32. The zero-order valence-corrected chi connectivity index (χ0v) is 8.78. The topological polar surface area (TPSA) is 59.2 Å². The van der Waals surface area contributed by atoms with Crippen LogP contribution in [0.25, 0.3) is 0 Å². The summed E-state index contributed by atoms with van der Waals surface area (Å²) in [6.45, 7) is 0.996. The first kappa shape index (κ1) is 11.9. The highest BCUT2D eigenvalue weighted by Gasteiger charge is 2.39. The van der Waals surface area contributed by atoms with Crippen LogP contribution in [-0.4, -0.2) is 34.6 Å². The molecular formula is C9H10F3N3O2. The van der Waals surface area contributed by atoms with Gasteiger partial charge in [-0.25, -0.2) is 0 Å². The summed E-state index contributed by atoms with van der Waals surface area (Å²) in [5, 5.41) is 6.39. The number of rotatable bonds is 2. The van der Waals surface area contributed by atoms with Crippen molar-refractivity contribution in [2.24, 2.45) is 0 Å². The molecule has 0 atom stereocenters. The second-order valence-corrected chi connectivity index (χ2v) is 3.86. The van der Waals surface area contributed by atoms with Gasteiger partial charge in [-0.1, -0.05) is 0 Å². The lowest BCUT2D eigenvalue weighted by molar-refractivity contribution is -0.157. The van der Waals surface area contributed by atoms with Crippen LogP contribution in [-0.2, 0) is 11.0 Å².